The molecule has 0 atom stereocenters. The molecule has 1 fully saturated rings. The van der Waals surface area contributed by atoms with Gasteiger partial charge in [-0.2, -0.15) is 9.40 Å². The lowest BCUT2D eigenvalue weighted by atomic mass is 10.3. The minimum absolute atomic E-state index is 0.0747. The zero-order valence-electron chi connectivity index (χ0n) is 18.4. The molecule has 0 N–H and O–H groups in total. The molecule has 2 aromatic heterocycles. The Morgan fingerprint density at radius 2 is 1.66 bits per heavy atom. The summed E-state index contributed by atoms with van der Waals surface area (Å²) >= 11 is 6.05. The van der Waals surface area contributed by atoms with E-state index in [-0.39, 0.29) is 10.6 Å². The summed E-state index contributed by atoms with van der Waals surface area (Å²) in [5.74, 6) is 2.34. The number of aryl methyl sites for hydroxylation is 3. The van der Waals surface area contributed by atoms with Crippen molar-refractivity contribution in [2.75, 3.05) is 38.2 Å². The maximum atomic E-state index is 13.2. The highest BCUT2D eigenvalue weighted by Gasteiger charge is 2.31. The number of piperazine rings is 1. The second-order valence-electron chi connectivity index (χ2n) is 7.66. The number of nitrogens with zero attached hydrogens (tertiary/aromatic N) is 6. The van der Waals surface area contributed by atoms with E-state index in [1.807, 2.05) is 32.9 Å². The molecule has 1 saturated heterocycles. The molecule has 170 valence electrons. The minimum atomic E-state index is -3.74. The van der Waals surface area contributed by atoms with Crippen molar-refractivity contribution >= 4 is 27.4 Å². The molecule has 1 aliphatic heterocycles. The van der Waals surface area contributed by atoms with Crippen LogP contribution >= 0.6 is 11.6 Å². The normalized spacial score (nSPS) is 15.2. The van der Waals surface area contributed by atoms with Crippen LogP contribution in [0.4, 0.5) is 5.82 Å². The number of halogens is 1. The lowest BCUT2D eigenvalue weighted by molar-refractivity contribution is 0.373. The van der Waals surface area contributed by atoms with E-state index in [0.29, 0.717) is 42.8 Å². The van der Waals surface area contributed by atoms with Crippen LogP contribution in [-0.2, 0) is 10.0 Å². The van der Waals surface area contributed by atoms with E-state index < -0.39 is 10.0 Å². The van der Waals surface area contributed by atoms with Crippen molar-refractivity contribution in [2.24, 2.45) is 0 Å². The van der Waals surface area contributed by atoms with Gasteiger partial charge in [0, 0.05) is 43.0 Å². The van der Waals surface area contributed by atoms with Crippen LogP contribution in [0, 0.1) is 20.8 Å². The highest BCUT2D eigenvalue weighted by Crippen LogP contribution is 2.30. The molecular formula is C21H25ClN6O3S. The Labute approximate surface area is 192 Å². The molecule has 3 aromatic rings. The van der Waals surface area contributed by atoms with Crippen molar-refractivity contribution in [1.82, 2.24) is 24.1 Å². The van der Waals surface area contributed by atoms with Gasteiger partial charge in [-0.25, -0.2) is 23.1 Å². The van der Waals surface area contributed by atoms with Crippen molar-refractivity contribution in [2.45, 2.75) is 25.7 Å². The van der Waals surface area contributed by atoms with Crippen molar-refractivity contribution < 1.29 is 13.2 Å². The Morgan fingerprint density at radius 3 is 2.28 bits per heavy atom. The lowest BCUT2D eigenvalue weighted by Crippen LogP contribution is -2.49. The lowest BCUT2D eigenvalue weighted by Gasteiger charge is -2.35. The summed E-state index contributed by atoms with van der Waals surface area (Å²) in [7, 11) is -2.30. The third kappa shape index (κ3) is 4.30. The van der Waals surface area contributed by atoms with Gasteiger partial charge in [0.2, 0.25) is 10.0 Å². The second kappa shape index (κ2) is 8.68. The van der Waals surface area contributed by atoms with Crippen LogP contribution in [-0.4, -0.2) is 65.8 Å². The van der Waals surface area contributed by atoms with Crippen molar-refractivity contribution in [3.8, 4) is 11.6 Å². The van der Waals surface area contributed by atoms with Gasteiger partial charge < -0.3 is 9.64 Å². The average Bonchev–Trinajstić information content (AvgIpc) is 3.11. The fourth-order valence-corrected chi connectivity index (χ4v) is 5.66. The van der Waals surface area contributed by atoms with Crippen LogP contribution in [0.2, 0.25) is 5.02 Å². The molecule has 0 radical (unpaired) electrons. The Kier molecular flexibility index (Phi) is 6.11. The maximum Gasteiger partial charge on any atom is 0.246 e. The van der Waals surface area contributed by atoms with E-state index >= 15 is 0 Å². The molecule has 0 amide bonds. The first kappa shape index (κ1) is 22.5. The molecule has 32 heavy (non-hydrogen) atoms. The molecule has 11 heteroatoms. The molecule has 0 bridgehead atoms. The number of rotatable bonds is 5. The van der Waals surface area contributed by atoms with E-state index in [0.717, 1.165) is 17.2 Å². The summed E-state index contributed by atoms with van der Waals surface area (Å²) in [4.78, 5) is 11.2. The maximum absolute atomic E-state index is 13.2. The van der Waals surface area contributed by atoms with Crippen LogP contribution in [0.5, 0.6) is 5.75 Å². The quantitative estimate of drug-likeness (QED) is 0.558. The van der Waals surface area contributed by atoms with Gasteiger partial charge in [0.05, 0.1) is 12.8 Å². The van der Waals surface area contributed by atoms with E-state index in [2.05, 4.69) is 20.0 Å². The first-order valence-corrected chi connectivity index (χ1v) is 12.0. The molecule has 1 aromatic carbocycles. The minimum Gasteiger partial charge on any atom is -0.495 e. The zero-order chi connectivity index (χ0) is 23.0. The van der Waals surface area contributed by atoms with Gasteiger partial charge in [-0.15, -0.1) is 0 Å². The average molecular weight is 477 g/mol. The van der Waals surface area contributed by atoms with E-state index in [1.165, 1.54) is 17.5 Å². The topological polar surface area (TPSA) is 93.5 Å². The number of hydrogen-bond acceptors (Lipinski definition) is 7. The van der Waals surface area contributed by atoms with Gasteiger partial charge in [-0.05, 0) is 45.0 Å². The van der Waals surface area contributed by atoms with E-state index in [4.69, 9.17) is 16.3 Å². The largest absolute Gasteiger partial charge is 0.495 e. The van der Waals surface area contributed by atoms with Crippen LogP contribution in [0.25, 0.3) is 5.82 Å². The highest BCUT2D eigenvalue weighted by atomic mass is 35.5. The third-order valence-corrected chi connectivity index (χ3v) is 7.50. The SMILES string of the molecule is COc1ccc(Cl)cc1S(=O)(=O)N1CCN(c2cc(-n3nc(C)cc3C)nc(C)n2)CC1. The summed E-state index contributed by atoms with van der Waals surface area (Å²) in [6, 6.07) is 8.48. The van der Waals surface area contributed by atoms with Gasteiger partial charge in [-0.1, -0.05) is 11.6 Å². The van der Waals surface area contributed by atoms with Crippen LogP contribution < -0.4 is 9.64 Å². The molecule has 0 unspecified atom stereocenters. The summed E-state index contributed by atoms with van der Waals surface area (Å²) in [6.07, 6.45) is 0. The van der Waals surface area contributed by atoms with Gasteiger partial charge in [0.25, 0.3) is 0 Å². The number of ether oxygens (including phenoxy) is 1. The number of anilines is 1. The van der Waals surface area contributed by atoms with Crippen molar-refractivity contribution in [3.63, 3.8) is 0 Å². The summed E-state index contributed by atoms with van der Waals surface area (Å²) in [6.45, 7) is 7.37. The van der Waals surface area contributed by atoms with Crippen LogP contribution in [0.3, 0.4) is 0 Å². The Balaban J connectivity index is 1.56. The monoisotopic (exact) mass is 476 g/mol. The molecular weight excluding hydrogens is 452 g/mol. The van der Waals surface area contributed by atoms with Gasteiger partial charge in [0.15, 0.2) is 5.82 Å². The van der Waals surface area contributed by atoms with E-state index in [1.54, 1.807) is 16.8 Å². The third-order valence-electron chi connectivity index (χ3n) is 5.34. The molecule has 1 aliphatic rings. The van der Waals surface area contributed by atoms with Crippen LogP contribution in [0.15, 0.2) is 35.2 Å². The summed E-state index contributed by atoms with van der Waals surface area (Å²) < 4.78 is 34.9. The second-order valence-corrected chi connectivity index (χ2v) is 10.00. The smallest absolute Gasteiger partial charge is 0.246 e. The summed E-state index contributed by atoms with van der Waals surface area (Å²) in [5, 5.41) is 4.85. The predicted octanol–water partition coefficient (Wildman–Crippen LogP) is 2.76. The van der Waals surface area contributed by atoms with E-state index in [9.17, 15) is 8.42 Å². The fraction of sp³-hybridized carbons (Fsp3) is 0.381. The molecule has 0 aliphatic carbocycles. The molecule has 9 nitrogen and oxygen atoms in total. The predicted molar refractivity (Wildman–Crippen MR) is 122 cm³/mol. The number of aromatic nitrogens is 4. The molecule has 0 saturated carbocycles. The summed E-state index contributed by atoms with van der Waals surface area (Å²) in [5.41, 5.74) is 1.90. The van der Waals surface area contributed by atoms with Gasteiger partial charge in [0.1, 0.15) is 22.3 Å². The molecule has 0 spiro atoms. The van der Waals surface area contributed by atoms with Crippen LogP contribution in [0.1, 0.15) is 17.2 Å². The Hall–Kier alpha value is -2.69. The first-order chi connectivity index (χ1) is 15.2. The van der Waals surface area contributed by atoms with Crippen molar-refractivity contribution in [1.29, 1.82) is 0 Å². The highest BCUT2D eigenvalue weighted by molar-refractivity contribution is 7.89. The Morgan fingerprint density at radius 1 is 0.969 bits per heavy atom. The zero-order valence-corrected chi connectivity index (χ0v) is 20.0. The molecule has 3 heterocycles. The standard InChI is InChI=1S/C21H25ClN6O3S/c1-14-11-15(2)28(25-14)21-13-20(23-16(3)24-21)26-7-9-27(10-8-26)32(29,30)19-12-17(22)5-6-18(19)31-4/h5-6,11-13H,7-10H2,1-4H3. The Bertz CT molecular complexity index is 1250. The number of sulfonamides is 1. The fourth-order valence-electron chi connectivity index (χ4n) is 3.82. The van der Waals surface area contributed by atoms with Gasteiger partial charge in [-0.3, -0.25) is 0 Å². The van der Waals surface area contributed by atoms with Crippen molar-refractivity contribution in [3.05, 3.63) is 52.6 Å². The van der Waals surface area contributed by atoms with Gasteiger partial charge >= 0.3 is 0 Å². The number of benzene rings is 1. The number of methoxy groups -OCH3 is 1. The first-order valence-electron chi connectivity index (χ1n) is 10.2. The molecule has 4 rings (SSSR count). The number of hydrogen-bond donors (Lipinski definition) is 0.